The van der Waals surface area contributed by atoms with Crippen LogP contribution in [0, 0.1) is 11.6 Å². The number of aliphatic hydroxyl groups is 1. The Labute approximate surface area is 175 Å². The molecule has 9 heteroatoms. The number of methoxy groups -OCH3 is 1. The Morgan fingerprint density at radius 3 is 2.55 bits per heavy atom. The summed E-state index contributed by atoms with van der Waals surface area (Å²) in [6.45, 7) is 0.0241. The van der Waals surface area contributed by atoms with Gasteiger partial charge in [-0.3, -0.25) is 4.90 Å². The van der Waals surface area contributed by atoms with E-state index in [0.717, 1.165) is 33.1 Å². The zero-order chi connectivity index (χ0) is 21.3. The van der Waals surface area contributed by atoms with Crippen LogP contribution in [0.4, 0.5) is 13.6 Å². The second-order valence-electron chi connectivity index (χ2n) is 7.02. The number of nitrogens with two attached hydrogens (primary N) is 1. The standard InChI is InChI=1S/C20H21BrF2N2O4/c1-29-18-3-2-15(21)13-8-17(25(20(27)28)9-14(13)18)19(26)16(24)6-10-4-11(22)7-12(23)5-10/h2-5,7,16-17,19,26H,6,8-9,24H2,1H3,(H,27,28)/t16-,17?,19-/m0/s1. The van der Waals surface area contributed by atoms with Gasteiger partial charge < -0.3 is 20.7 Å². The third-order valence-corrected chi connectivity index (χ3v) is 5.91. The number of nitrogens with zero attached hydrogens (tertiary/aromatic N) is 1. The monoisotopic (exact) mass is 470 g/mol. The molecule has 0 radical (unpaired) electrons. The van der Waals surface area contributed by atoms with Gasteiger partial charge in [-0.15, -0.1) is 0 Å². The third kappa shape index (κ3) is 4.52. The van der Waals surface area contributed by atoms with E-state index in [1.165, 1.54) is 7.11 Å². The van der Waals surface area contributed by atoms with E-state index in [2.05, 4.69) is 15.9 Å². The van der Waals surface area contributed by atoms with Crippen molar-refractivity contribution in [2.45, 2.75) is 37.6 Å². The largest absolute Gasteiger partial charge is 0.496 e. The zero-order valence-electron chi connectivity index (χ0n) is 15.6. The molecule has 3 atom stereocenters. The summed E-state index contributed by atoms with van der Waals surface area (Å²) in [7, 11) is 1.50. The minimum absolute atomic E-state index is 0.00799. The van der Waals surface area contributed by atoms with Crippen molar-refractivity contribution >= 4 is 22.0 Å². The zero-order valence-corrected chi connectivity index (χ0v) is 17.2. The Morgan fingerprint density at radius 2 is 1.97 bits per heavy atom. The quantitative estimate of drug-likeness (QED) is 0.623. The molecule has 0 saturated heterocycles. The van der Waals surface area contributed by atoms with Crippen molar-refractivity contribution < 1.29 is 28.5 Å². The van der Waals surface area contributed by atoms with E-state index in [0.29, 0.717) is 11.3 Å². The Balaban J connectivity index is 1.88. The van der Waals surface area contributed by atoms with Gasteiger partial charge in [-0.05, 0) is 48.2 Å². The van der Waals surface area contributed by atoms with Gasteiger partial charge in [0.25, 0.3) is 0 Å². The van der Waals surface area contributed by atoms with Crippen molar-refractivity contribution in [1.82, 2.24) is 4.90 Å². The molecular formula is C20H21BrF2N2O4. The van der Waals surface area contributed by atoms with Crippen LogP contribution in [0.3, 0.4) is 0 Å². The molecule has 1 unspecified atom stereocenters. The van der Waals surface area contributed by atoms with Crippen LogP contribution in [0.5, 0.6) is 5.75 Å². The molecule has 29 heavy (non-hydrogen) atoms. The van der Waals surface area contributed by atoms with Crippen LogP contribution in [0.2, 0.25) is 0 Å². The maximum atomic E-state index is 13.4. The average Bonchev–Trinajstić information content (AvgIpc) is 2.66. The number of ether oxygens (including phenoxy) is 1. The van der Waals surface area contributed by atoms with Crippen molar-refractivity contribution in [3.8, 4) is 5.75 Å². The van der Waals surface area contributed by atoms with E-state index >= 15 is 0 Å². The lowest BCUT2D eigenvalue weighted by Crippen LogP contribution is -2.56. The van der Waals surface area contributed by atoms with Crippen LogP contribution in [-0.4, -0.2) is 46.5 Å². The Hall–Kier alpha value is -2.23. The fraction of sp³-hybridized carbons (Fsp3) is 0.350. The number of hydrogen-bond acceptors (Lipinski definition) is 4. The molecule has 0 aromatic heterocycles. The van der Waals surface area contributed by atoms with Crippen molar-refractivity contribution in [2.75, 3.05) is 7.11 Å². The second-order valence-corrected chi connectivity index (χ2v) is 7.88. The van der Waals surface area contributed by atoms with Gasteiger partial charge in [-0.1, -0.05) is 15.9 Å². The molecule has 2 aromatic rings. The van der Waals surface area contributed by atoms with Crippen LogP contribution >= 0.6 is 15.9 Å². The number of carbonyl (C=O) groups is 1. The molecular weight excluding hydrogens is 450 g/mol. The van der Waals surface area contributed by atoms with Crippen LogP contribution in [0.15, 0.2) is 34.8 Å². The molecule has 0 fully saturated rings. The average molecular weight is 471 g/mol. The van der Waals surface area contributed by atoms with Crippen molar-refractivity contribution in [3.05, 3.63) is 63.1 Å². The fourth-order valence-electron chi connectivity index (χ4n) is 3.76. The molecule has 0 bridgehead atoms. The first-order chi connectivity index (χ1) is 13.7. The number of amides is 1. The number of carboxylic acid groups (broad SMARTS) is 1. The highest BCUT2D eigenvalue weighted by Crippen LogP contribution is 2.36. The van der Waals surface area contributed by atoms with E-state index in [1.54, 1.807) is 12.1 Å². The molecule has 0 saturated carbocycles. The number of fused-ring (bicyclic) bond motifs is 1. The summed E-state index contributed by atoms with van der Waals surface area (Å²) in [6, 6.07) is 4.83. The lowest BCUT2D eigenvalue weighted by Gasteiger charge is -2.40. The number of halogens is 3. The molecule has 3 rings (SSSR count). The summed E-state index contributed by atoms with van der Waals surface area (Å²) in [5, 5.41) is 20.5. The second kappa shape index (κ2) is 8.64. The van der Waals surface area contributed by atoms with Gasteiger partial charge in [0.05, 0.1) is 25.8 Å². The highest BCUT2D eigenvalue weighted by Gasteiger charge is 2.38. The van der Waals surface area contributed by atoms with E-state index < -0.39 is 35.9 Å². The molecule has 0 aliphatic carbocycles. The fourth-order valence-corrected chi connectivity index (χ4v) is 4.29. The number of rotatable bonds is 5. The maximum absolute atomic E-state index is 13.4. The molecule has 1 aliphatic heterocycles. The van der Waals surface area contributed by atoms with E-state index in [-0.39, 0.29) is 24.9 Å². The molecule has 4 N–H and O–H groups in total. The predicted octanol–water partition coefficient (Wildman–Crippen LogP) is 3.07. The van der Waals surface area contributed by atoms with Gasteiger partial charge >= 0.3 is 6.09 Å². The van der Waals surface area contributed by atoms with E-state index in [9.17, 15) is 23.8 Å². The lowest BCUT2D eigenvalue weighted by atomic mass is 9.87. The van der Waals surface area contributed by atoms with Gasteiger partial charge in [-0.25, -0.2) is 13.6 Å². The Bertz CT molecular complexity index is 907. The van der Waals surface area contributed by atoms with Gasteiger partial charge in [0.2, 0.25) is 0 Å². The molecule has 156 valence electrons. The van der Waals surface area contributed by atoms with E-state index in [4.69, 9.17) is 10.5 Å². The first-order valence-corrected chi connectivity index (χ1v) is 9.73. The molecule has 2 aromatic carbocycles. The van der Waals surface area contributed by atoms with Gasteiger partial charge in [0, 0.05) is 22.1 Å². The molecule has 6 nitrogen and oxygen atoms in total. The summed E-state index contributed by atoms with van der Waals surface area (Å²) in [5.74, 6) is -0.921. The predicted molar refractivity (Wildman–Crippen MR) is 106 cm³/mol. The smallest absolute Gasteiger partial charge is 0.407 e. The van der Waals surface area contributed by atoms with Crippen LogP contribution in [-0.2, 0) is 19.4 Å². The van der Waals surface area contributed by atoms with Crippen LogP contribution in [0.25, 0.3) is 0 Å². The first kappa shape index (κ1) is 21.5. The van der Waals surface area contributed by atoms with Gasteiger partial charge in [0.15, 0.2) is 0 Å². The van der Waals surface area contributed by atoms with Gasteiger partial charge in [0.1, 0.15) is 17.4 Å². The minimum Gasteiger partial charge on any atom is -0.496 e. The van der Waals surface area contributed by atoms with Crippen LogP contribution in [0.1, 0.15) is 16.7 Å². The molecule has 1 aliphatic rings. The van der Waals surface area contributed by atoms with Crippen molar-refractivity contribution in [1.29, 1.82) is 0 Å². The van der Waals surface area contributed by atoms with Crippen molar-refractivity contribution in [3.63, 3.8) is 0 Å². The highest BCUT2D eigenvalue weighted by atomic mass is 79.9. The number of hydrogen-bond donors (Lipinski definition) is 3. The summed E-state index contributed by atoms with van der Waals surface area (Å²) < 4.78 is 33.0. The summed E-state index contributed by atoms with van der Waals surface area (Å²) in [6.07, 6.45) is -2.24. The molecule has 1 heterocycles. The topological polar surface area (TPSA) is 96.0 Å². The minimum atomic E-state index is -1.25. The summed E-state index contributed by atoms with van der Waals surface area (Å²) in [4.78, 5) is 13.0. The normalized spacial score (nSPS) is 18.1. The third-order valence-electron chi connectivity index (χ3n) is 5.17. The highest BCUT2D eigenvalue weighted by molar-refractivity contribution is 9.10. The SMILES string of the molecule is COc1ccc(Br)c2c1CN(C(=O)O)C([C@@H](O)[C@@H](N)Cc1cc(F)cc(F)c1)C2. The summed E-state index contributed by atoms with van der Waals surface area (Å²) >= 11 is 3.47. The lowest BCUT2D eigenvalue weighted by molar-refractivity contribution is 0.0248. The Kier molecular flexibility index (Phi) is 6.40. The van der Waals surface area contributed by atoms with E-state index in [1.807, 2.05) is 0 Å². The summed E-state index contributed by atoms with van der Waals surface area (Å²) in [5.41, 5.74) is 7.94. The van der Waals surface area contributed by atoms with Crippen molar-refractivity contribution in [2.24, 2.45) is 5.73 Å². The Morgan fingerprint density at radius 1 is 1.31 bits per heavy atom. The van der Waals surface area contributed by atoms with Gasteiger partial charge in [-0.2, -0.15) is 0 Å². The number of aliphatic hydroxyl groups excluding tert-OH is 1. The van der Waals surface area contributed by atoms with Crippen LogP contribution < -0.4 is 10.5 Å². The maximum Gasteiger partial charge on any atom is 0.407 e. The molecule has 1 amide bonds. The molecule has 0 spiro atoms. The number of benzene rings is 2. The first-order valence-electron chi connectivity index (χ1n) is 8.93.